The van der Waals surface area contributed by atoms with Gasteiger partial charge in [-0.1, -0.05) is 0 Å². The van der Waals surface area contributed by atoms with Crippen LogP contribution in [0.4, 0.5) is 11.5 Å². The molecular weight excluding hydrogens is 318 g/mol. The minimum Gasteiger partial charge on any atom is -0.352 e. The second-order valence-corrected chi connectivity index (χ2v) is 5.89. The minimum absolute atomic E-state index is 0.149. The summed E-state index contributed by atoms with van der Waals surface area (Å²) in [6.07, 6.45) is 7.32. The molecule has 0 bridgehead atoms. The number of anilines is 2. The highest BCUT2D eigenvalue weighted by atomic mass is 16.2. The number of amides is 2. The molecule has 2 aromatic heterocycles. The first kappa shape index (κ1) is 16.9. The van der Waals surface area contributed by atoms with Crippen molar-refractivity contribution in [1.29, 1.82) is 0 Å². The van der Waals surface area contributed by atoms with Gasteiger partial charge in [-0.05, 0) is 37.1 Å². The van der Waals surface area contributed by atoms with Crippen molar-refractivity contribution < 1.29 is 9.59 Å². The van der Waals surface area contributed by atoms with Crippen LogP contribution in [-0.4, -0.2) is 46.3 Å². The van der Waals surface area contributed by atoms with Gasteiger partial charge in [-0.2, -0.15) is 0 Å². The number of likely N-dealkylation sites (tertiary alicyclic amines) is 1. The average Bonchev–Trinajstić information content (AvgIpc) is 3.04. The van der Waals surface area contributed by atoms with Gasteiger partial charge in [0.1, 0.15) is 5.82 Å². The monoisotopic (exact) mass is 339 g/mol. The second kappa shape index (κ2) is 8.23. The standard InChI is InChI=1S/C18H21N5O2/c24-17-5-2-10-23(17)11-3-8-21-18(25)14-6-9-20-16(12-14)22-15-4-1-7-19-13-15/h1,4,6-7,9,12-13H,2-3,5,8,10-11H2,(H,20,22)(H,21,25). The smallest absolute Gasteiger partial charge is 0.251 e. The van der Waals surface area contributed by atoms with Crippen molar-refractivity contribution in [2.75, 3.05) is 25.0 Å². The van der Waals surface area contributed by atoms with Crippen LogP contribution in [0.15, 0.2) is 42.9 Å². The Kier molecular flexibility index (Phi) is 5.56. The summed E-state index contributed by atoms with van der Waals surface area (Å²) in [7, 11) is 0. The fourth-order valence-corrected chi connectivity index (χ4v) is 2.74. The van der Waals surface area contributed by atoms with E-state index in [1.165, 1.54) is 0 Å². The van der Waals surface area contributed by atoms with Crippen LogP contribution in [0.25, 0.3) is 0 Å². The summed E-state index contributed by atoms with van der Waals surface area (Å²) in [5.74, 6) is 0.652. The highest BCUT2D eigenvalue weighted by molar-refractivity contribution is 5.94. The number of hydrogen-bond donors (Lipinski definition) is 2. The second-order valence-electron chi connectivity index (χ2n) is 5.89. The molecular formula is C18H21N5O2. The summed E-state index contributed by atoms with van der Waals surface area (Å²) < 4.78 is 0. The summed E-state index contributed by atoms with van der Waals surface area (Å²) in [5.41, 5.74) is 1.35. The van der Waals surface area contributed by atoms with Crippen LogP contribution in [0.1, 0.15) is 29.6 Å². The fraction of sp³-hybridized carbons (Fsp3) is 0.333. The van der Waals surface area contributed by atoms with Crippen molar-refractivity contribution in [3.05, 3.63) is 48.4 Å². The Morgan fingerprint density at radius 3 is 2.96 bits per heavy atom. The van der Waals surface area contributed by atoms with Gasteiger partial charge in [-0.15, -0.1) is 0 Å². The molecule has 2 amide bonds. The van der Waals surface area contributed by atoms with Crippen molar-refractivity contribution >= 4 is 23.3 Å². The van der Waals surface area contributed by atoms with E-state index < -0.39 is 0 Å². The fourth-order valence-electron chi connectivity index (χ4n) is 2.74. The number of carbonyl (C=O) groups is 2. The van der Waals surface area contributed by atoms with Crippen LogP contribution >= 0.6 is 0 Å². The highest BCUT2D eigenvalue weighted by Gasteiger charge is 2.19. The zero-order chi connectivity index (χ0) is 17.5. The molecule has 25 heavy (non-hydrogen) atoms. The predicted molar refractivity (Wildman–Crippen MR) is 94.5 cm³/mol. The Hall–Kier alpha value is -2.96. The first-order valence-electron chi connectivity index (χ1n) is 8.41. The van der Waals surface area contributed by atoms with Gasteiger partial charge in [0.25, 0.3) is 5.91 Å². The van der Waals surface area contributed by atoms with Crippen molar-refractivity contribution in [2.24, 2.45) is 0 Å². The van der Waals surface area contributed by atoms with E-state index in [-0.39, 0.29) is 11.8 Å². The lowest BCUT2D eigenvalue weighted by molar-refractivity contribution is -0.127. The normalized spacial score (nSPS) is 13.8. The molecule has 2 N–H and O–H groups in total. The van der Waals surface area contributed by atoms with Gasteiger partial charge < -0.3 is 15.5 Å². The van der Waals surface area contributed by atoms with E-state index in [4.69, 9.17) is 0 Å². The zero-order valence-electron chi connectivity index (χ0n) is 13.9. The third kappa shape index (κ3) is 4.76. The maximum atomic E-state index is 12.3. The third-order valence-electron chi connectivity index (χ3n) is 4.02. The molecule has 7 nitrogen and oxygen atoms in total. The minimum atomic E-state index is -0.149. The summed E-state index contributed by atoms with van der Waals surface area (Å²) >= 11 is 0. The van der Waals surface area contributed by atoms with Crippen LogP contribution in [0.3, 0.4) is 0 Å². The molecule has 7 heteroatoms. The number of nitrogens with one attached hydrogen (secondary N) is 2. The van der Waals surface area contributed by atoms with Crippen molar-refractivity contribution in [2.45, 2.75) is 19.3 Å². The average molecular weight is 339 g/mol. The van der Waals surface area contributed by atoms with E-state index in [1.54, 1.807) is 30.7 Å². The Morgan fingerprint density at radius 1 is 1.28 bits per heavy atom. The van der Waals surface area contributed by atoms with Crippen LogP contribution in [0.2, 0.25) is 0 Å². The zero-order valence-corrected chi connectivity index (χ0v) is 13.9. The van der Waals surface area contributed by atoms with Gasteiger partial charge in [0, 0.05) is 44.0 Å². The number of aromatic nitrogens is 2. The molecule has 130 valence electrons. The van der Waals surface area contributed by atoms with Crippen molar-refractivity contribution in [3.8, 4) is 0 Å². The SMILES string of the molecule is O=C(NCCCN1CCCC1=O)c1ccnc(Nc2cccnc2)c1. The Balaban J connectivity index is 1.48. The first-order chi connectivity index (χ1) is 12.2. The number of hydrogen-bond acceptors (Lipinski definition) is 5. The first-order valence-corrected chi connectivity index (χ1v) is 8.41. The molecule has 1 saturated heterocycles. The topological polar surface area (TPSA) is 87.2 Å². The largest absolute Gasteiger partial charge is 0.352 e. The number of nitrogens with zero attached hydrogens (tertiary/aromatic N) is 3. The molecule has 0 radical (unpaired) electrons. The molecule has 0 aliphatic carbocycles. The van der Waals surface area contributed by atoms with Crippen LogP contribution in [-0.2, 0) is 4.79 Å². The summed E-state index contributed by atoms with van der Waals surface area (Å²) in [5, 5.41) is 5.99. The number of rotatable bonds is 7. The molecule has 2 aromatic rings. The summed E-state index contributed by atoms with van der Waals surface area (Å²) in [6.45, 7) is 2.07. The van der Waals surface area contributed by atoms with E-state index >= 15 is 0 Å². The number of pyridine rings is 2. The van der Waals surface area contributed by atoms with Crippen molar-refractivity contribution in [1.82, 2.24) is 20.2 Å². The molecule has 0 unspecified atom stereocenters. The van der Waals surface area contributed by atoms with E-state index in [1.807, 2.05) is 17.0 Å². The lowest BCUT2D eigenvalue weighted by Gasteiger charge is -2.15. The molecule has 1 aliphatic rings. The van der Waals surface area contributed by atoms with E-state index in [9.17, 15) is 9.59 Å². The summed E-state index contributed by atoms with van der Waals surface area (Å²) in [6, 6.07) is 7.07. The third-order valence-corrected chi connectivity index (χ3v) is 4.02. The Bertz CT molecular complexity index is 735. The van der Waals surface area contributed by atoms with Gasteiger partial charge in [-0.3, -0.25) is 14.6 Å². The highest BCUT2D eigenvalue weighted by Crippen LogP contribution is 2.14. The molecule has 1 aliphatic heterocycles. The van der Waals surface area contributed by atoms with Gasteiger partial charge in [0.2, 0.25) is 5.91 Å². The van der Waals surface area contributed by atoms with Crippen molar-refractivity contribution in [3.63, 3.8) is 0 Å². The van der Waals surface area contributed by atoms with Crippen LogP contribution in [0.5, 0.6) is 0 Å². The quantitative estimate of drug-likeness (QED) is 0.753. The Morgan fingerprint density at radius 2 is 2.20 bits per heavy atom. The maximum absolute atomic E-state index is 12.3. The maximum Gasteiger partial charge on any atom is 0.251 e. The number of carbonyl (C=O) groups excluding carboxylic acids is 2. The lowest BCUT2D eigenvalue weighted by atomic mass is 10.2. The molecule has 0 aromatic carbocycles. The molecule has 3 heterocycles. The predicted octanol–water partition coefficient (Wildman–Crippen LogP) is 1.96. The molecule has 0 spiro atoms. The van der Waals surface area contributed by atoms with E-state index in [0.29, 0.717) is 30.9 Å². The van der Waals surface area contributed by atoms with Crippen LogP contribution < -0.4 is 10.6 Å². The van der Waals surface area contributed by atoms with E-state index in [2.05, 4.69) is 20.6 Å². The van der Waals surface area contributed by atoms with Gasteiger partial charge in [0.15, 0.2) is 0 Å². The Labute approximate surface area is 146 Å². The summed E-state index contributed by atoms with van der Waals surface area (Å²) in [4.78, 5) is 33.9. The van der Waals surface area contributed by atoms with Gasteiger partial charge in [0.05, 0.1) is 11.9 Å². The van der Waals surface area contributed by atoms with Gasteiger partial charge in [-0.25, -0.2) is 4.98 Å². The van der Waals surface area contributed by atoms with E-state index in [0.717, 1.165) is 25.1 Å². The molecule has 0 atom stereocenters. The molecule has 0 saturated carbocycles. The lowest BCUT2D eigenvalue weighted by Crippen LogP contribution is -2.30. The molecule has 1 fully saturated rings. The van der Waals surface area contributed by atoms with Crippen LogP contribution in [0, 0.1) is 0 Å². The van der Waals surface area contributed by atoms with Gasteiger partial charge >= 0.3 is 0 Å². The molecule has 3 rings (SSSR count).